The predicted octanol–water partition coefficient (Wildman–Crippen LogP) is 4.99. The lowest BCUT2D eigenvalue weighted by molar-refractivity contribution is -0.0509. The molecular weight excluding hydrogens is 465 g/mol. The van der Waals surface area contributed by atoms with Crippen LogP contribution in [0.3, 0.4) is 0 Å². The number of benzene rings is 2. The van der Waals surface area contributed by atoms with E-state index in [1.807, 2.05) is 0 Å². The molecule has 0 unspecified atom stereocenters. The maximum atomic E-state index is 12.8. The van der Waals surface area contributed by atoms with Crippen LogP contribution in [-0.2, 0) is 19.0 Å². The first kappa shape index (κ1) is 22.0. The Kier molecular flexibility index (Phi) is 6.56. The number of hydrogen-bond acceptors (Lipinski definition) is 5. The van der Waals surface area contributed by atoms with Gasteiger partial charge in [-0.25, -0.2) is 4.79 Å². The first-order chi connectivity index (χ1) is 13.0. The Morgan fingerprint density at radius 2 is 1.57 bits per heavy atom. The smallest absolute Gasteiger partial charge is 0.465 e. The van der Waals surface area contributed by atoms with Crippen LogP contribution < -0.4 is 0 Å². The number of ether oxygens (including phenoxy) is 1. The molecule has 28 heavy (non-hydrogen) atoms. The van der Waals surface area contributed by atoms with Gasteiger partial charge in [0.2, 0.25) is 0 Å². The number of esters is 1. The molecule has 2 aromatic rings. The van der Waals surface area contributed by atoms with Crippen molar-refractivity contribution in [2.75, 3.05) is 7.11 Å². The number of rotatable bonds is 5. The van der Waals surface area contributed by atoms with Crippen LogP contribution in [0.4, 0.5) is 13.2 Å². The van der Waals surface area contributed by atoms with E-state index in [1.54, 1.807) is 6.07 Å². The minimum Gasteiger partial charge on any atom is -0.465 e. The van der Waals surface area contributed by atoms with E-state index < -0.39 is 27.4 Å². The van der Waals surface area contributed by atoms with Gasteiger partial charge < -0.3 is 8.92 Å². The van der Waals surface area contributed by atoms with Gasteiger partial charge in [0.1, 0.15) is 0 Å². The monoisotopic (exact) mass is 478 g/mol. The molecule has 0 radical (unpaired) electrons. The second kappa shape index (κ2) is 8.36. The number of allylic oxidation sites excluding steroid dienone is 1. The Balaban J connectivity index is 2.61. The molecule has 0 fully saturated rings. The molecule has 2 aromatic carbocycles. The van der Waals surface area contributed by atoms with Crippen LogP contribution >= 0.6 is 15.9 Å². The van der Waals surface area contributed by atoms with Crippen molar-refractivity contribution < 1.29 is 35.3 Å². The van der Waals surface area contributed by atoms with Crippen LogP contribution in [0.2, 0.25) is 0 Å². The first-order valence-corrected chi connectivity index (χ1v) is 9.82. The van der Waals surface area contributed by atoms with E-state index in [0.717, 1.165) is 0 Å². The number of carbonyl (C=O) groups is 1. The zero-order valence-corrected chi connectivity index (χ0v) is 17.0. The summed E-state index contributed by atoms with van der Waals surface area (Å²) in [7, 11) is -4.67. The van der Waals surface area contributed by atoms with Crippen molar-refractivity contribution >= 4 is 43.3 Å². The topological polar surface area (TPSA) is 69.7 Å². The van der Waals surface area contributed by atoms with Crippen molar-refractivity contribution in [3.8, 4) is 0 Å². The van der Waals surface area contributed by atoms with Crippen molar-refractivity contribution in [1.82, 2.24) is 0 Å². The van der Waals surface area contributed by atoms with Gasteiger partial charge in [0, 0.05) is 15.6 Å². The fourth-order valence-electron chi connectivity index (χ4n) is 2.22. The number of methoxy groups -OCH3 is 1. The minimum absolute atomic E-state index is 0.122. The maximum absolute atomic E-state index is 12.8. The first-order valence-electron chi connectivity index (χ1n) is 7.62. The van der Waals surface area contributed by atoms with Gasteiger partial charge in [-0.2, -0.15) is 21.6 Å². The lowest BCUT2D eigenvalue weighted by Gasteiger charge is -2.16. The molecule has 0 saturated heterocycles. The van der Waals surface area contributed by atoms with E-state index in [4.69, 9.17) is 0 Å². The zero-order valence-electron chi connectivity index (χ0n) is 14.6. The van der Waals surface area contributed by atoms with Gasteiger partial charge in [0.05, 0.1) is 12.7 Å². The van der Waals surface area contributed by atoms with Crippen LogP contribution in [-0.4, -0.2) is 27.0 Å². The molecule has 0 aromatic heterocycles. The fourth-order valence-corrected chi connectivity index (χ4v) is 3.15. The van der Waals surface area contributed by atoms with Crippen molar-refractivity contribution in [3.05, 3.63) is 69.7 Å². The number of carbonyl (C=O) groups excluding carboxylic acids is 1. The summed E-state index contributed by atoms with van der Waals surface area (Å²) in [4.78, 5) is 11.5. The van der Waals surface area contributed by atoms with Gasteiger partial charge in [-0.05, 0) is 36.8 Å². The van der Waals surface area contributed by atoms with Gasteiger partial charge in [-0.3, -0.25) is 0 Å². The van der Waals surface area contributed by atoms with Crippen LogP contribution in [0, 0.1) is 0 Å². The highest BCUT2D eigenvalue weighted by Gasteiger charge is 2.49. The van der Waals surface area contributed by atoms with Gasteiger partial charge in [0.25, 0.3) is 0 Å². The summed E-state index contributed by atoms with van der Waals surface area (Å²) in [5, 5.41) is 0. The molecule has 150 valence electrons. The second-order valence-corrected chi connectivity index (χ2v) is 7.97. The molecule has 0 spiro atoms. The summed E-state index contributed by atoms with van der Waals surface area (Å²) in [5.74, 6) is -1.07. The van der Waals surface area contributed by atoms with E-state index in [2.05, 4.69) is 24.8 Å². The molecule has 0 heterocycles. The van der Waals surface area contributed by atoms with Crippen molar-refractivity contribution in [2.24, 2.45) is 0 Å². The van der Waals surface area contributed by atoms with Gasteiger partial charge in [-0.15, -0.1) is 0 Å². The van der Waals surface area contributed by atoms with E-state index in [-0.39, 0.29) is 16.7 Å². The SMILES string of the molecule is COC(=O)c1ccc(/C(C)=C(/OS(=O)(=O)C(F)(F)F)c2cccc(Br)c2)cc1. The molecule has 0 aliphatic rings. The van der Waals surface area contributed by atoms with Gasteiger partial charge in [0.15, 0.2) is 5.76 Å². The van der Waals surface area contributed by atoms with E-state index in [0.29, 0.717) is 10.0 Å². The highest BCUT2D eigenvalue weighted by molar-refractivity contribution is 9.10. The van der Waals surface area contributed by atoms with E-state index in [9.17, 15) is 26.4 Å². The quantitative estimate of drug-likeness (QED) is 0.199. The lowest BCUT2D eigenvalue weighted by atomic mass is 10.0. The minimum atomic E-state index is -5.88. The fraction of sp³-hybridized carbons (Fsp3) is 0.167. The molecule has 0 N–H and O–H groups in total. The standard InChI is InChI=1S/C18H14BrF3O5S/c1-11(12-6-8-13(9-7-12)17(23)26-2)16(14-4-3-5-15(19)10-14)27-28(24,25)18(20,21)22/h3-10H,1-2H3/b16-11+. The third kappa shape index (κ3) is 4.93. The molecule has 0 bridgehead atoms. The zero-order chi connectivity index (χ0) is 21.1. The lowest BCUT2D eigenvalue weighted by Crippen LogP contribution is -2.25. The highest BCUT2D eigenvalue weighted by atomic mass is 79.9. The predicted molar refractivity (Wildman–Crippen MR) is 100 cm³/mol. The Labute approximate surface area is 168 Å². The van der Waals surface area contributed by atoms with Gasteiger partial charge in [-0.1, -0.05) is 40.2 Å². The summed E-state index contributed by atoms with van der Waals surface area (Å²) in [6.45, 7) is 1.41. The van der Waals surface area contributed by atoms with Crippen molar-refractivity contribution in [3.63, 3.8) is 0 Å². The molecular formula is C18H14BrF3O5S. The number of hydrogen-bond donors (Lipinski definition) is 0. The molecule has 0 aliphatic carbocycles. The van der Waals surface area contributed by atoms with Crippen molar-refractivity contribution in [1.29, 1.82) is 0 Å². The van der Waals surface area contributed by atoms with Crippen LogP contribution in [0.25, 0.3) is 11.3 Å². The normalized spacial score (nSPS) is 12.9. The number of halogens is 4. The maximum Gasteiger partial charge on any atom is 0.534 e. The van der Waals surface area contributed by atoms with Crippen LogP contribution in [0.1, 0.15) is 28.4 Å². The summed E-state index contributed by atoms with van der Waals surface area (Å²) >= 11 is 3.19. The molecule has 2 rings (SSSR count). The Morgan fingerprint density at radius 1 is 1.00 bits per heavy atom. The third-order valence-electron chi connectivity index (χ3n) is 3.64. The highest BCUT2D eigenvalue weighted by Crippen LogP contribution is 2.35. The molecule has 0 atom stereocenters. The molecule has 10 heteroatoms. The van der Waals surface area contributed by atoms with E-state index in [1.165, 1.54) is 56.5 Å². The summed E-state index contributed by atoms with van der Waals surface area (Å²) in [6.07, 6.45) is 0. The Hall–Kier alpha value is -2.33. The molecule has 0 aliphatic heterocycles. The van der Waals surface area contributed by atoms with Crippen molar-refractivity contribution in [2.45, 2.75) is 12.4 Å². The third-order valence-corrected chi connectivity index (χ3v) is 5.09. The summed E-state index contributed by atoms with van der Waals surface area (Å²) < 4.78 is 71.3. The van der Waals surface area contributed by atoms with Gasteiger partial charge >= 0.3 is 21.6 Å². The number of alkyl halides is 3. The van der Waals surface area contributed by atoms with Crippen LogP contribution in [0.5, 0.6) is 0 Å². The summed E-state index contributed by atoms with van der Waals surface area (Å²) in [6, 6.07) is 11.7. The largest absolute Gasteiger partial charge is 0.534 e. The Bertz CT molecular complexity index is 1010. The molecule has 0 saturated carbocycles. The molecule has 5 nitrogen and oxygen atoms in total. The Morgan fingerprint density at radius 3 is 2.07 bits per heavy atom. The summed E-state index contributed by atoms with van der Waals surface area (Å²) in [5.41, 5.74) is -4.75. The average Bonchev–Trinajstić information content (AvgIpc) is 2.64. The average molecular weight is 479 g/mol. The van der Waals surface area contributed by atoms with E-state index >= 15 is 0 Å². The second-order valence-electron chi connectivity index (χ2n) is 5.52. The van der Waals surface area contributed by atoms with Crippen LogP contribution in [0.15, 0.2) is 53.0 Å². The molecule has 0 amide bonds.